The van der Waals surface area contributed by atoms with Crippen LogP contribution < -0.4 is 9.47 Å². The van der Waals surface area contributed by atoms with E-state index in [1.165, 1.54) is 0 Å². The van der Waals surface area contributed by atoms with Crippen molar-refractivity contribution in [2.75, 3.05) is 26.4 Å². The third kappa shape index (κ3) is 9.67. The molecule has 0 aliphatic carbocycles. The highest BCUT2D eigenvalue weighted by atomic mass is 28.4. The minimum Gasteiger partial charge on any atom is -0.494 e. The fraction of sp³-hybridized carbons (Fsp3) is 0.581. The summed E-state index contributed by atoms with van der Waals surface area (Å²) in [6, 6.07) is 14.7. The van der Waals surface area contributed by atoms with Crippen LogP contribution in [0.1, 0.15) is 70.3 Å². The zero-order chi connectivity index (χ0) is 28.6. The van der Waals surface area contributed by atoms with E-state index in [1.54, 1.807) is 0 Å². The highest BCUT2D eigenvalue weighted by molar-refractivity contribution is 6.74. The first-order valence-corrected chi connectivity index (χ1v) is 19.6. The zero-order valence-electron chi connectivity index (χ0n) is 25.4. The van der Waals surface area contributed by atoms with Crippen LogP contribution in [0.4, 0.5) is 0 Å². The van der Waals surface area contributed by atoms with Gasteiger partial charge in [0, 0.05) is 37.2 Å². The van der Waals surface area contributed by atoms with Gasteiger partial charge in [0.15, 0.2) is 22.4 Å². The van der Waals surface area contributed by atoms with Crippen LogP contribution in [0.15, 0.2) is 48.5 Å². The highest BCUT2D eigenvalue weighted by Crippen LogP contribution is 2.37. The summed E-state index contributed by atoms with van der Waals surface area (Å²) in [5.41, 5.74) is 1.27. The van der Waals surface area contributed by atoms with Crippen molar-refractivity contribution in [3.63, 3.8) is 0 Å². The number of ether oxygens (including phenoxy) is 2. The second-order valence-electron chi connectivity index (χ2n) is 13.0. The van der Waals surface area contributed by atoms with E-state index in [-0.39, 0.29) is 15.9 Å². The molecule has 5 nitrogen and oxygen atoms in total. The SMILES string of the molecule is CC(C)(C)[Si](C)(C)OCCCOc1ccc(C(=O)c2ccc(OCCCO[Si](C)(C)C(C)(C)C)cc2)cc1. The maximum Gasteiger partial charge on any atom is 0.193 e. The number of hydrogen-bond donors (Lipinski definition) is 0. The summed E-state index contributed by atoms with van der Waals surface area (Å²) in [5.74, 6) is 1.50. The summed E-state index contributed by atoms with van der Waals surface area (Å²) >= 11 is 0. The lowest BCUT2D eigenvalue weighted by atomic mass is 10.0. The maximum atomic E-state index is 12.9. The second kappa shape index (κ2) is 13.4. The molecule has 0 spiro atoms. The molecule has 2 aromatic carbocycles. The summed E-state index contributed by atoms with van der Waals surface area (Å²) < 4.78 is 24.1. The Morgan fingerprint density at radius 2 is 0.895 bits per heavy atom. The Bertz CT molecular complexity index is 919. The Kier molecular flexibility index (Phi) is 11.4. The number of carbonyl (C=O) groups is 1. The van der Waals surface area contributed by atoms with Crippen LogP contribution in [0, 0.1) is 0 Å². The molecule has 0 unspecified atom stereocenters. The first-order chi connectivity index (χ1) is 17.5. The molecular weight excluding hydrogens is 509 g/mol. The van der Waals surface area contributed by atoms with Crippen LogP contribution >= 0.6 is 0 Å². The lowest BCUT2D eigenvalue weighted by molar-refractivity contribution is 0.103. The van der Waals surface area contributed by atoms with Crippen LogP contribution in [0.3, 0.4) is 0 Å². The maximum absolute atomic E-state index is 12.9. The summed E-state index contributed by atoms with van der Waals surface area (Å²) in [6.45, 7) is 25.1. The van der Waals surface area contributed by atoms with Crippen LogP contribution in [0.2, 0.25) is 36.3 Å². The molecule has 38 heavy (non-hydrogen) atoms. The van der Waals surface area contributed by atoms with E-state index >= 15 is 0 Å². The van der Waals surface area contributed by atoms with E-state index in [0.717, 1.165) is 24.3 Å². The fourth-order valence-electron chi connectivity index (χ4n) is 3.16. The van der Waals surface area contributed by atoms with Gasteiger partial charge in [-0.15, -0.1) is 0 Å². The molecule has 0 amide bonds. The minimum atomic E-state index is -1.72. The van der Waals surface area contributed by atoms with Crippen molar-refractivity contribution < 1.29 is 23.1 Å². The Hall–Kier alpha value is -1.94. The van der Waals surface area contributed by atoms with E-state index in [2.05, 4.69) is 67.7 Å². The van der Waals surface area contributed by atoms with Gasteiger partial charge in [0.1, 0.15) is 11.5 Å². The summed E-state index contributed by atoms with van der Waals surface area (Å²) in [6.07, 6.45) is 1.68. The third-order valence-electron chi connectivity index (χ3n) is 7.89. The molecule has 2 aromatic rings. The Labute approximate surface area is 233 Å². The molecule has 0 saturated heterocycles. The van der Waals surface area contributed by atoms with Gasteiger partial charge in [-0.05, 0) is 84.8 Å². The van der Waals surface area contributed by atoms with Gasteiger partial charge in [0.2, 0.25) is 0 Å². The molecular formula is C31H50O5Si2. The molecule has 0 fully saturated rings. The molecule has 0 aliphatic rings. The van der Waals surface area contributed by atoms with Gasteiger partial charge < -0.3 is 18.3 Å². The molecule has 212 valence electrons. The van der Waals surface area contributed by atoms with E-state index in [4.69, 9.17) is 18.3 Å². The first kappa shape index (κ1) is 32.3. The largest absolute Gasteiger partial charge is 0.494 e. The lowest BCUT2D eigenvalue weighted by Crippen LogP contribution is -2.41. The monoisotopic (exact) mass is 558 g/mol. The second-order valence-corrected chi connectivity index (χ2v) is 22.6. The Morgan fingerprint density at radius 3 is 1.18 bits per heavy atom. The predicted molar refractivity (Wildman–Crippen MR) is 163 cm³/mol. The summed E-state index contributed by atoms with van der Waals surface area (Å²) in [7, 11) is -3.43. The molecule has 0 aliphatic heterocycles. The predicted octanol–water partition coefficient (Wildman–Crippen LogP) is 8.50. The smallest absolute Gasteiger partial charge is 0.193 e. The average Bonchev–Trinajstić information content (AvgIpc) is 2.82. The Balaban J connectivity index is 1.75. The highest BCUT2D eigenvalue weighted by Gasteiger charge is 2.37. The average molecular weight is 559 g/mol. The number of rotatable bonds is 14. The quantitative estimate of drug-likeness (QED) is 0.132. The van der Waals surface area contributed by atoms with Crippen LogP contribution in [-0.2, 0) is 8.85 Å². The van der Waals surface area contributed by atoms with Gasteiger partial charge >= 0.3 is 0 Å². The van der Waals surface area contributed by atoms with Crippen molar-refractivity contribution in [3.8, 4) is 11.5 Å². The van der Waals surface area contributed by atoms with Gasteiger partial charge in [-0.25, -0.2) is 0 Å². The molecule has 0 atom stereocenters. The Morgan fingerprint density at radius 1 is 0.579 bits per heavy atom. The summed E-state index contributed by atoms with van der Waals surface area (Å²) in [5, 5.41) is 0.424. The van der Waals surface area contributed by atoms with Crippen molar-refractivity contribution in [2.24, 2.45) is 0 Å². The third-order valence-corrected chi connectivity index (χ3v) is 17.0. The fourth-order valence-corrected chi connectivity index (χ4v) is 5.33. The summed E-state index contributed by atoms with van der Waals surface area (Å²) in [4.78, 5) is 12.9. The molecule has 0 aromatic heterocycles. The number of benzene rings is 2. The van der Waals surface area contributed by atoms with Crippen molar-refractivity contribution >= 4 is 22.4 Å². The van der Waals surface area contributed by atoms with Gasteiger partial charge in [-0.2, -0.15) is 0 Å². The van der Waals surface area contributed by atoms with Crippen LogP contribution in [0.25, 0.3) is 0 Å². The number of hydrogen-bond acceptors (Lipinski definition) is 5. The topological polar surface area (TPSA) is 54.0 Å². The zero-order valence-corrected chi connectivity index (χ0v) is 27.4. The van der Waals surface area contributed by atoms with E-state index in [0.29, 0.717) is 37.6 Å². The van der Waals surface area contributed by atoms with Gasteiger partial charge in [0.05, 0.1) is 13.2 Å². The van der Waals surface area contributed by atoms with Gasteiger partial charge in [-0.3, -0.25) is 4.79 Å². The molecule has 7 heteroatoms. The van der Waals surface area contributed by atoms with Crippen LogP contribution in [-0.4, -0.2) is 48.8 Å². The van der Waals surface area contributed by atoms with E-state index < -0.39 is 16.6 Å². The number of carbonyl (C=O) groups excluding carboxylic acids is 1. The molecule has 0 bridgehead atoms. The standard InChI is InChI=1S/C31H50O5Si2/c1-30(2,3)37(7,8)35-23-11-21-33-27-17-13-25(14-18-27)29(32)26-15-19-28(20-16-26)34-22-12-24-36-38(9,10)31(4,5)6/h13-20H,11-12,21-24H2,1-10H3. The van der Waals surface area contributed by atoms with Crippen molar-refractivity contribution in [1.29, 1.82) is 0 Å². The van der Waals surface area contributed by atoms with E-state index in [1.807, 2.05) is 48.5 Å². The van der Waals surface area contributed by atoms with Crippen molar-refractivity contribution in [1.82, 2.24) is 0 Å². The lowest BCUT2D eigenvalue weighted by Gasteiger charge is -2.36. The molecule has 0 N–H and O–H groups in total. The molecule has 0 heterocycles. The molecule has 0 saturated carbocycles. The van der Waals surface area contributed by atoms with Crippen molar-refractivity contribution in [2.45, 2.75) is 90.6 Å². The molecule has 2 rings (SSSR count). The van der Waals surface area contributed by atoms with Gasteiger partial charge in [0.25, 0.3) is 0 Å². The van der Waals surface area contributed by atoms with Crippen LogP contribution in [0.5, 0.6) is 11.5 Å². The van der Waals surface area contributed by atoms with Crippen molar-refractivity contribution in [3.05, 3.63) is 59.7 Å². The van der Waals surface area contributed by atoms with E-state index in [9.17, 15) is 4.79 Å². The minimum absolute atomic E-state index is 0.0198. The normalized spacial score (nSPS) is 12.9. The molecule has 0 radical (unpaired) electrons. The first-order valence-electron chi connectivity index (χ1n) is 13.8. The van der Waals surface area contributed by atoms with Gasteiger partial charge in [-0.1, -0.05) is 41.5 Å². The number of ketones is 1.